The van der Waals surface area contributed by atoms with Crippen LogP contribution in [0.4, 0.5) is 4.79 Å². The Hall–Kier alpha value is -3.58. The van der Waals surface area contributed by atoms with Gasteiger partial charge < -0.3 is 14.6 Å². The van der Waals surface area contributed by atoms with Crippen LogP contribution < -0.4 is 0 Å². The predicted octanol–water partition coefficient (Wildman–Crippen LogP) is 6.70. The average molecular weight is 545 g/mol. The molecule has 1 aliphatic heterocycles. The van der Waals surface area contributed by atoms with Gasteiger partial charge in [0.15, 0.2) is 5.60 Å². The van der Waals surface area contributed by atoms with Gasteiger partial charge in [0.05, 0.1) is 23.7 Å². The van der Waals surface area contributed by atoms with Gasteiger partial charge in [-0.05, 0) is 65.9 Å². The number of amides is 1. The minimum absolute atomic E-state index is 0.0480. The van der Waals surface area contributed by atoms with Crippen LogP contribution in [0.1, 0.15) is 29.7 Å². The first-order chi connectivity index (χ1) is 18.4. The number of nitrogens with zero attached hydrogens (tertiary/aromatic N) is 4. The van der Waals surface area contributed by atoms with Crippen LogP contribution in [0.25, 0.3) is 22.0 Å². The van der Waals surface area contributed by atoms with E-state index in [4.69, 9.17) is 23.2 Å². The van der Waals surface area contributed by atoms with Crippen LogP contribution in [0.15, 0.2) is 85.5 Å². The Bertz CT molecular complexity index is 1650. The molecular weight excluding hydrogens is 519 g/mol. The number of carbonyl (C=O) groups excluding carboxylic acids is 1. The largest absolute Gasteiger partial charge is 0.374 e. The number of fused-ring (bicyclic) bond motifs is 1. The third-order valence-electron chi connectivity index (χ3n) is 7.39. The highest BCUT2D eigenvalue weighted by Gasteiger charge is 2.37. The Balaban J connectivity index is 1.60. The standard InChI is InChI=1S/C30H26Cl2N4O2/c1-34-19-33-17-28(34)30(38,21-7-10-23(31)11-8-21)22-9-12-27-25(16-22)26(20-5-4-6-24(32)15-20)18-36(27)29(37)35-13-2-3-14-35/h4-12,15-19,38H,2-3,13-14H2,1H3. The summed E-state index contributed by atoms with van der Waals surface area (Å²) in [6.07, 6.45) is 7.23. The number of halogens is 2. The van der Waals surface area contributed by atoms with E-state index >= 15 is 0 Å². The number of aliphatic hydroxyl groups is 1. The van der Waals surface area contributed by atoms with Crippen molar-refractivity contribution in [2.75, 3.05) is 13.1 Å². The summed E-state index contributed by atoms with van der Waals surface area (Å²) >= 11 is 12.5. The smallest absolute Gasteiger partial charge is 0.328 e. The zero-order chi connectivity index (χ0) is 26.4. The highest BCUT2D eigenvalue weighted by molar-refractivity contribution is 6.31. The van der Waals surface area contributed by atoms with E-state index in [1.54, 1.807) is 33.8 Å². The normalized spacial score (nSPS) is 15.2. The highest BCUT2D eigenvalue weighted by atomic mass is 35.5. The monoisotopic (exact) mass is 544 g/mol. The number of aromatic nitrogens is 3. The molecule has 192 valence electrons. The number of benzene rings is 3. The fourth-order valence-electron chi connectivity index (χ4n) is 5.42. The molecule has 38 heavy (non-hydrogen) atoms. The molecule has 1 N–H and O–H groups in total. The number of hydrogen-bond acceptors (Lipinski definition) is 3. The number of rotatable bonds is 4. The summed E-state index contributed by atoms with van der Waals surface area (Å²) in [6, 6.07) is 20.4. The van der Waals surface area contributed by atoms with Crippen LogP contribution in [-0.4, -0.2) is 43.2 Å². The third kappa shape index (κ3) is 4.09. The Labute approximate surface area is 230 Å². The summed E-state index contributed by atoms with van der Waals surface area (Å²) < 4.78 is 3.52. The van der Waals surface area contributed by atoms with Gasteiger partial charge in [-0.15, -0.1) is 0 Å². The van der Waals surface area contributed by atoms with E-state index < -0.39 is 5.60 Å². The molecular formula is C30H26Cl2N4O2. The second-order valence-electron chi connectivity index (χ2n) is 9.74. The lowest BCUT2D eigenvalue weighted by Crippen LogP contribution is -2.32. The molecule has 2 aromatic heterocycles. The predicted molar refractivity (Wildman–Crippen MR) is 151 cm³/mol. The fourth-order valence-corrected chi connectivity index (χ4v) is 5.74. The Morgan fingerprint density at radius 2 is 1.68 bits per heavy atom. The van der Waals surface area contributed by atoms with Crippen LogP contribution >= 0.6 is 23.2 Å². The van der Waals surface area contributed by atoms with E-state index in [0.29, 0.717) is 26.9 Å². The quantitative estimate of drug-likeness (QED) is 0.274. The summed E-state index contributed by atoms with van der Waals surface area (Å²) in [5.74, 6) is 0. The highest BCUT2D eigenvalue weighted by Crippen LogP contribution is 2.40. The number of imidazole rings is 1. The minimum Gasteiger partial charge on any atom is -0.374 e. The number of hydrogen-bond donors (Lipinski definition) is 1. The van der Waals surface area contributed by atoms with Crippen molar-refractivity contribution in [3.63, 3.8) is 0 Å². The van der Waals surface area contributed by atoms with Gasteiger partial charge in [0.1, 0.15) is 0 Å². The van der Waals surface area contributed by atoms with Gasteiger partial charge >= 0.3 is 6.03 Å². The maximum atomic E-state index is 13.5. The zero-order valence-corrected chi connectivity index (χ0v) is 22.3. The third-order valence-corrected chi connectivity index (χ3v) is 7.88. The van der Waals surface area contributed by atoms with Crippen LogP contribution in [0.5, 0.6) is 0 Å². The number of aryl methyl sites for hydroxylation is 1. The lowest BCUT2D eigenvalue weighted by Gasteiger charge is -2.30. The number of likely N-dealkylation sites (tertiary alicyclic amines) is 1. The van der Waals surface area contributed by atoms with Gasteiger partial charge in [0.2, 0.25) is 0 Å². The van der Waals surface area contributed by atoms with Gasteiger partial charge in [0, 0.05) is 47.3 Å². The average Bonchev–Trinajstić information content (AvgIpc) is 3.68. The second-order valence-corrected chi connectivity index (χ2v) is 10.6. The fraction of sp³-hybridized carbons (Fsp3) is 0.200. The van der Waals surface area contributed by atoms with Crippen molar-refractivity contribution in [2.45, 2.75) is 18.4 Å². The first-order valence-corrected chi connectivity index (χ1v) is 13.3. The van der Waals surface area contributed by atoms with Gasteiger partial charge in [0.25, 0.3) is 0 Å². The Morgan fingerprint density at radius 3 is 2.37 bits per heavy atom. The molecule has 1 unspecified atom stereocenters. The van der Waals surface area contributed by atoms with Crippen molar-refractivity contribution in [1.29, 1.82) is 0 Å². The first kappa shape index (κ1) is 24.7. The minimum atomic E-state index is -1.52. The van der Waals surface area contributed by atoms with Crippen LogP contribution in [0.2, 0.25) is 10.0 Å². The van der Waals surface area contributed by atoms with Gasteiger partial charge in [-0.1, -0.05) is 53.5 Å². The lowest BCUT2D eigenvalue weighted by atomic mass is 9.83. The molecule has 0 bridgehead atoms. The zero-order valence-electron chi connectivity index (χ0n) is 20.8. The SMILES string of the molecule is Cn1cncc1C(O)(c1ccc(Cl)cc1)c1ccc2c(c1)c(-c1cccc(Cl)c1)cn2C(=O)N1CCCC1. The van der Waals surface area contributed by atoms with Crippen LogP contribution in [0.3, 0.4) is 0 Å². The van der Waals surface area contributed by atoms with Crippen LogP contribution in [0, 0.1) is 0 Å². The molecule has 0 aliphatic carbocycles. The maximum Gasteiger partial charge on any atom is 0.328 e. The summed E-state index contributed by atoms with van der Waals surface area (Å²) in [5, 5.41) is 14.5. The molecule has 3 heterocycles. The molecule has 1 saturated heterocycles. The van der Waals surface area contributed by atoms with Crippen molar-refractivity contribution >= 4 is 40.1 Å². The molecule has 0 radical (unpaired) electrons. The molecule has 0 saturated carbocycles. The van der Waals surface area contributed by atoms with E-state index in [1.165, 1.54) is 0 Å². The maximum absolute atomic E-state index is 13.5. The van der Waals surface area contributed by atoms with Crippen molar-refractivity contribution in [3.8, 4) is 11.1 Å². The summed E-state index contributed by atoms with van der Waals surface area (Å²) in [7, 11) is 1.85. The Morgan fingerprint density at radius 1 is 0.947 bits per heavy atom. The molecule has 0 spiro atoms. The molecule has 1 amide bonds. The van der Waals surface area contributed by atoms with Crippen molar-refractivity contribution < 1.29 is 9.90 Å². The molecule has 6 rings (SSSR count). The Kier molecular flexibility index (Phi) is 6.26. The van der Waals surface area contributed by atoms with E-state index in [2.05, 4.69) is 4.98 Å². The van der Waals surface area contributed by atoms with Crippen molar-refractivity contribution in [1.82, 2.24) is 19.0 Å². The van der Waals surface area contributed by atoms with Crippen molar-refractivity contribution in [3.05, 3.63) is 112 Å². The molecule has 5 aromatic rings. The molecule has 8 heteroatoms. The van der Waals surface area contributed by atoms with Crippen LogP contribution in [-0.2, 0) is 12.6 Å². The topological polar surface area (TPSA) is 63.3 Å². The first-order valence-electron chi connectivity index (χ1n) is 12.5. The van der Waals surface area contributed by atoms with E-state index in [9.17, 15) is 9.90 Å². The van der Waals surface area contributed by atoms with Gasteiger partial charge in [-0.3, -0.25) is 4.57 Å². The van der Waals surface area contributed by atoms with Crippen molar-refractivity contribution in [2.24, 2.45) is 7.05 Å². The van der Waals surface area contributed by atoms with Gasteiger partial charge in [-0.25, -0.2) is 9.78 Å². The molecule has 1 aliphatic rings. The molecule has 3 aromatic carbocycles. The second kappa shape index (κ2) is 9.62. The van der Waals surface area contributed by atoms with E-state index in [1.807, 2.05) is 72.7 Å². The molecule has 1 atom stereocenters. The summed E-state index contributed by atoms with van der Waals surface area (Å²) in [6.45, 7) is 1.50. The summed E-state index contributed by atoms with van der Waals surface area (Å²) in [5.41, 5.74) is 2.91. The van der Waals surface area contributed by atoms with E-state index in [0.717, 1.165) is 48.0 Å². The summed E-state index contributed by atoms with van der Waals surface area (Å²) in [4.78, 5) is 19.7. The number of carbonyl (C=O) groups is 1. The lowest BCUT2D eigenvalue weighted by molar-refractivity contribution is 0.117. The molecule has 1 fully saturated rings. The van der Waals surface area contributed by atoms with E-state index in [-0.39, 0.29) is 6.03 Å². The molecule has 6 nitrogen and oxygen atoms in total. The van der Waals surface area contributed by atoms with Gasteiger partial charge in [-0.2, -0.15) is 0 Å².